The second-order valence-corrected chi connectivity index (χ2v) is 12.2. The SMILES string of the molecule is CCCCCCCCCCCCCCCCCC(=O)SCC[Si](OC)(OC)OC. The monoisotopic (exact) mass is 448 g/mol. The summed E-state index contributed by atoms with van der Waals surface area (Å²) in [6.45, 7) is 2.28. The zero-order valence-corrected chi connectivity index (χ0v) is 21.6. The fourth-order valence-electron chi connectivity index (χ4n) is 3.56. The number of rotatable bonds is 22. The Kier molecular flexibility index (Phi) is 21.4. The van der Waals surface area contributed by atoms with Crippen LogP contribution in [0.3, 0.4) is 0 Å². The molecule has 174 valence electrons. The Balaban J connectivity index is 3.35. The van der Waals surface area contributed by atoms with Gasteiger partial charge in [0.25, 0.3) is 0 Å². The molecule has 0 amide bonds. The largest absolute Gasteiger partial charge is 0.500 e. The first-order chi connectivity index (χ1) is 14.1. The van der Waals surface area contributed by atoms with Gasteiger partial charge in [-0.2, -0.15) is 0 Å². The number of carbonyl (C=O) groups excluding carboxylic acids is 1. The minimum absolute atomic E-state index is 0.283. The Labute approximate surface area is 186 Å². The summed E-state index contributed by atoms with van der Waals surface area (Å²) in [5, 5.41) is 0.283. The molecular weight excluding hydrogens is 400 g/mol. The normalized spacial score (nSPS) is 11.9. The molecule has 0 saturated heterocycles. The zero-order chi connectivity index (χ0) is 21.6. The molecule has 0 aliphatic rings. The van der Waals surface area contributed by atoms with Crippen LogP contribution in [0.15, 0.2) is 0 Å². The second-order valence-electron chi connectivity index (χ2n) is 7.97. The van der Waals surface area contributed by atoms with Crippen molar-refractivity contribution in [2.24, 2.45) is 0 Å². The van der Waals surface area contributed by atoms with E-state index in [4.69, 9.17) is 13.3 Å². The quantitative estimate of drug-likeness (QED) is 0.128. The Hall–Kier alpha value is 0.117. The molecule has 0 saturated carbocycles. The maximum atomic E-state index is 12.0. The van der Waals surface area contributed by atoms with E-state index in [9.17, 15) is 4.79 Å². The predicted molar refractivity (Wildman–Crippen MR) is 129 cm³/mol. The van der Waals surface area contributed by atoms with Crippen molar-refractivity contribution < 1.29 is 18.1 Å². The highest BCUT2D eigenvalue weighted by atomic mass is 32.2. The lowest BCUT2D eigenvalue weighted by Crippen LogP contribution is -2.43. The first kappa shape index (κ1) is 29.1. The number of thioether (sulfide) groups is 1. The van der Waals surface area contributed by atoms with Crippen LogP contribution in [0.2, 0.25) is 6.04 Å². The van der Waals surface area contributed by atoms with Crippen LogP contribution in [0.5, 0.6) is 0 Å². The van der Waals surface area contributed by atoms with Gasteiger partial charge in [0.1, 0.15) is 0 Å². The first-order valence-corrected chi connectivity index (χ1v) is 14.9. The maximum absolute atomic E-state index is 12.0. The number of unbranched alkanes of at least 4 members (excludes halogenated alkanes) is 14. The highest BCUT2D eigenvalue weighted by Gasteiger charge is 2.37. The van der Waals surface area contributed by atoms with Gasteiger partial charge in [0.15, 0.2) is 5.12 Å². The van der Waals surface area contributed by atoms with Crippen LogP contribution in [0.4, 0.5) is 0 Å². The van der Waals surface area contributed by atoms with Crippen molar-refractivity contribution in [2.45, 2.75) is 116 Å². The van der Waals surface area contributed by atoms with Crippen LogP contribution in [-0.2, 0) is 18.1 Å². The molecule has 0 aromatic heterocycles. The van der Waals surface area contributed by atoms with Crippen molar-refractivity contribution in [3.63, 3.8) is 0 Å². The third-order valence-electron chi connectivity index (χ3n) is 5.59. The molecule has 0 fully saturated rings. The summed E-state index contributed by atoms with van der Waals surface area (Å²) in [6, 6.07) is 0.672. The number of carbonyl (C=O) groups is 1. The fourth-order valence-corrected chi connectivity index (χ4v) is 6.60. The lowest BCUT2D eigenvalue weighted by atomic mass is 10.0. The van der Waals surface area contributed by atoms with Crippen molar-refractivity contribution >= 4 is 25.7 Å². The van der Waals surface area contributed by atoms with Gasteiger partial charge in [-0.15, -0.1) is 0 Å². The third-order valence-corrected chi connectivity index (χ3v) is 9.61. The minimum Gasteiger partial charge on any atom is -0.377 e. The molecule has 0 heterocycles. The van der Waals surface area contributed by atoms with Gasteiger partial charge in [0, 0.05) is 39.5 Å². The summed E-state index contributed by atoms with van der Waals surface area (Å²) in [5.41, 5.74) is 0. The van der Waals surface area contributed by atoms with Gasteiger partial charge in [0.05, 0.1) is 0 Å². The summed E-state index contributed by atoms with van der Waals surface area (Å²) >= 11 is 1.39. The van der Waals surface area contributed by atoms with E-state index in [0.717, 1.165) is 6.42 Å². The molecule has 6 heteroatoms. The van der Waals surface area contributed by atoms with E-state index in [2.05, 4.69) is 6.92 Å². The molecule has 0 rings (SSSR count). The van der Waals surface area contributed by atoms with Gasteiger partial charge < -0.3 is 13.3 Å². The Morgan fingerprint density at radius 1 is 0.655 bits per heavy atom. The standard InChI is InChI=1S/C23H48O4SSi/c1-5-6-7-8-9-10-11-12-13-14-15-16-17-18-19-20-23(24)28-21-22-29(25-2,26-3)27-4/h5-22H2,1-4H3. The fraction of sp³-hybridized carbons (Fsp3) is 0.957. The first-order valence-electron chi connectivity index (χ1n) is 11.9. The average molecular weight is 449 g/mol. The molecule has 0 atom stereocenters. The zero-order valence-electron chi connectivity index (χ0n) is 19.8. The summed E-state index contributed by atoms with van der Waals surface area (Å²) in [7, 11) is 2.30. The van der Waals surface area contributed by atoms with E-state index in [1.807, 2.05) is 0 Å². The molecule has 0 aliphatic heterocycles. The van der Waals surface area contributed by atoms with Crippen LogP contribution < -0.4 is 0 Å². The van der Waals surface area contributed by atoms with Gasteiger partial charge in [0.2, 0.25) is 0 Å². The van der Waals surface area contributed by atoms with Crippen molar-refractivity contribution in [1.29, 1.82) is 0 Å². The number of hydrogen-bond donors (Lipinski definition) is 0. The molecule has 0 unspecified atom stereocenters. The minimum atomic E-state index is -2.53. The van der Waals surface area contributed by atoms with E-state index in [-0.39, 0.29) is 5.12 Å². The van der Waals surface area contributed by atoms with Crippen molar-refractivity contribution in [3.8, 4) is 0 Å². The molecule has 0 bridgehead atoms. The van der Waals surface area contributed by atoms with E-state index in [1.165, 1.54) is 102 Å². The van der Waals surface area contributed by atoms with Gasteiger partial charge in [-0.25, -0.2) is 0 Å². The predicted octanol–water partition coefficient (Wildman–Crippen LogP) is 7.39. The molecule has 0 spiro atoms. The molecule has 0 aromatic carbocycles. The summed E-state index contributed by atoms with van der Waals surface area (Å²) < 4.78 is 16.1. The summed E-state index contributed by atoms with van der Waals surface area (Å²) in [5.74, 6) is 0.708. The molecule has 0 aliphatic carbocycles. The van der Waals surface area contributed by atoms with Gasteiger partial charge in [-0.05, 0) is 6.42 Å². The van der Waals surface area contributed by atoms with E-state index in [0.29, 0.717) is 18.2 Å². The Morgan fingerprint density at radius 3 is 1.41 bits per heavy atom. The van der Waals surface area contributed by atoms with Gasteiger partial charge in [-0.3, -0.25) is 4.79 Å². The topological polar surface area (TPSA) is 44.8 Å². The summed E-state index contributed by atoms with van der Waals surface area (Å²) in [4.78, 5) is 12.0. The van der Waals surface area contributed by atoms with Crippen LogP contribution >= 0.6 is 11.8 Å². The average Bonchev–Trinajstić information content (AvgIpc) is 2.74. The maximum Gasteiger partial charge on any atom is 0.500 e. The summed E-state index contributed by atoms with van der Waals surface area (Å²) in [6.07, 6.45) is 20.9. The highest BCUT2D eigenvalue weighted by Crippen LogP contribution is 2.19. The lowest BCUT2D eigenvalue weighted by Gasteiger charge is -2.23. The van der Waals surface area contributed by atoms with Crippen molar-refractivity contribution in [1.82, 2.24) is 0 Å². The van der Waals surface area contributed by atoms with Crippen molar-refractivity contribution in [3.05, 3.63) is 0 Å². The Bertz CT molecular complexity index is 357. The molecule has 0 aromatic rings. The van der Waals surface area contributed by atoms with Gasteiger partial charge in [-0.1, -0.05) is 109 Å². The van der Waals surface area contributed by atoms with Crippen LogP contribution in [-0.4, -0.2) is 41.0 Å². The lowest BCUT2D eigenvalue weighted by molar-refractivity contribution is -0.111. The van der Waals surface area contributed by atoms with Crippen LogP contribution in [0, 0.1) is 0 Å². The molecule has 0 N–H and O–H groups in total. The van der Waals surface area contributed by atoms with E-state index >= 15 is 0 Å². The van der Waals surface area contributed by atoms with E-state index in [1.54, 1.807) is 21.3 Å². The molecule has 29 heavy (non-hydrogen) atoms. The van der Waals surface area contributed by atoms with Gasteiger partial charge >= 0.3 is 8.80 Å². The second kappa shape index (κ2) is 21.4. The molecule has 0 radical (unpaired) electrons. The van der Waals surface area contributed by atoms with E-state index < -0.39 is 8.80 Å². The molecule has 4 nitrogen and oxygen atoms in total. The number of hydrogen-bond acceptors (Lipinski definition) is 5. The van der Waals surface area contributed by atoms with Crippen LogP contribution in [0.25, 0.3) is 0 Å². The highest BCUT2D eigenvalue weighted by molar-refractivity contribution is 8.13. The van der Waals surface area contributed by atoms with Crippen LogP contribution in [0.1, 0.15) is 110 Å². The molecular formula is C23H48O4SSi. The third kappa shape index (κ3) is 17.5. The Morgan fingerprint density at radius 2 is 1.03 bits per heavy atom. The smallest absolute Gasteiger partial charge is 0.377 e. The van der Waals surface area contributed by atoms with Crippen molar-refractivity contribution in [2.75, 3.05) is 27.1 Å².